The summed E-state index contributed by atoms with van der Waals surface area (Å²) in [5.41, 5.74) is 1.05. The minimum absolute atomic E-state index is 0.00333. The molecule has 0 spiro atoms. The molecule has 0 aliphatic heterocycles. The van der Waals surface area contributed by atoms with Gasteiger partial charge in [-0.3, -0.25) is 0 Å². The second-order valence-corrected chi connectivity index (χ2v) is 6.44. The van der Waals surface area contributed by atoms with Gasteiger partial charge in [-0.15, -0.1) is 0 Å². The highest BCUT2D eigenvalue weighted by molar-refractivity contribution is 7.91. The molecule has 18 heavy (non-hydrogen) atoms. The van der Waals surface area contributed by atoms with Crippen LogP contribution in [0.5, 0.6) is 0 Å². The van der Waals surface area contributed by atoms with Crippen molar-refractivity contribution in [3.63, 3.8) is 0 Å². The van der Waals surface area contributed by atoms with Crippen LogP contribution >= 0.6 is 0 Å². The van der Waals surface area contributed by atoms with Crippen molar-refractivity contribution in [2.24, 2.45) is 0 Å². The molecule has 2 aromatic carbocycles. The molecule has 0 fully saturated rings. The fourth-order valence-corrected chi connectivity index (χ4v) is 3.55. The van der Waals surface area contributed by atoms with Crippen LogP contribution in [0, 0.1) is 0 Å². The molecule has 2 nitrogen and oxygen atoms in total. The van der Waals surface area contributed by atoms with Crippen molar-refractivity contribution in [3.05, 3.63) is 66.2 Å². The molecule has 2 aromatic rings. The highest BCUT2D eigenvalue weighted by Gasteiger charge is 2.18. The van der Waals surface area contributed by atoms with Gasteiger partial charge in [-0.05, 0) is 23.6 Å². The zero-order valence-corrected chi connectivity index (χ0v) is 11.1. The molecule has 94 valence electrons. The van der Waals surface area contributed by atoms with Crippen molar-refractivity contribution in [2.75, 3.05) is 5.75 Å². The molecule has 0 aromatic heterocycles. The SMILES string of the molecule is CC(CS(=O)(=O)c1ccccc1)c1ccccc1. The smallest absolute Gasteiger partial charge is 0.178 e. The molecular weight excluding hydrogens is 244 g/mol. The van der Waals surface area contributed by atoms with Gasteiger partial charge in [0.25, 0.3) is 0 Å². The van der Waals surface area contributed by atoms with Crippen molar-refractivity contribution in [2.45, 2.75) is 17.7 Å². The molecule has 0 heterocycles. The van der Waals surface area contributed by atoms with Crippen molar-refractivity contribution in [1.29, 1.82) is 0 Å². The summed E-state index contributed by atoms with van der Waals surface area (Å²) in [6, 6.07) is 18.3. The lowest BCUT2D eigenvalue weighted by Crippen LogP contribution is -2.12. The Balaban J connectivity index is 2.20. The van der Waals surface area contributed by atoms with E-state index in [1.807, 2.05) is 43.3 Å². The predicted molar refractivity (Wildman–Crippen MR) is 73.4 cm³/mol. The van der Waals surface area contributed by atoms with Gasteiger partial charge in [0, 0.05) is 0 Å². The molecule has 0 N–H and O–H groups in total. The summed E-state index contributed by atoms with van der Waals surface area (Å²) in [7, 11) is -3.21. The van der Waals surface area contributed by atoms with E-state index in [4.69, 9.17) is 0 Å². The summed E-state index contributed by atoms with van der Waals surface area (Å²) in [4.78, 5) is 0.396. The first-order chi connectivity index (χ1) is 8.59. The normalized spacial score (nSPS) is 13.2. The van der Waals surface area contributed by atoms with Gasteiger partial charge >= 0.3 is 0 Å². The Morgan fingerprint density at radius 2 is 1.39 bits per heavy atom. The van der Waals surface area contributed by atoms with E-state index in [9.17, 15) is 8.42 Å². The maximum absolute atomic E-state index is 12.2. The first-order valence-electron chi connectivity index (χ1n) is 5.92. The molecule has 0 radical (unpaired) electrons. The minimum Gasteiger partial charge on any atom is -0.224 e. The Morgan fingerprint density at radius 3 is 1.94 bits per heavy atom. The highest BCUT2D eigenvalue weighted by atomic mass is 32.2. The van der Waals surface area contributed by atoms with E-state index in [0.29, 0.717) is 4.90 Å². The molecular formula is C15H16O2S. The van der Waals surface area contributed by atoms with Gasteiger partial charge in [-0.2, -0.15) is 0 Å². The number of hydrogen-bond acceptors (Lipinski definition) is 2. The van der Waals surface area contributed by atoms with Crippen LogP contribution in [0.4, 0.5) is 0 Å². The van der Waals surface area contributed by atoms with Gasteiger partial charge in [-0.1, -0.05) is 55.5 Å². The Morgan fingerprint density at radius 1 is 0.889 bits per heavy atom. The Kier molecular flexibility index (Phi) is 3.82. The van der Waals surface area contributed by atoms with Crippen LogP contribution in [0.2, 0.25) is 0 Å². The molecule has 0 amide bonds. The molecule has 3 heteroatoms. The van der Waals surface area contributed by atoms with Gasteiger partial charge < -0.3 is 0 Å². The molecule has 0 aliphatic carbocycles. The second kappa shape index (κ2) is 5.36. The van der Waals surface area contributed by atoms with Crippen molar-refractivity contribution in [1.82, 2.24) is 0 Å². The molecule has 0 aliphatic rings. The molecule has 0 saturated heterocycles. The number of benzene rings is 2. The summed E-state index contributed by atoms with van der Waals surface area (Å²) in [6.45, 7) is 1.94. The maximum Gasteiger partial charge on any atom is 0.178 e. The van der Waals surface area contributed by atoms with Gasteiger partial charge in [0.1, 0.15) is 0 Å². The fourth-order valence-electron chi connectivity index (χ4n) is 1.93. The van der Waals surface area contributed by atoms with Crippen molar-refractivity contribution in [3.8, 4) is 0 Å². The highest BCUT2D eigenvalue weighted by Crippen LogP contribution is 2.21. The average molecular weight is 260 g/mol. The van der Waals surface area contributed by atoms with Crippen LogP contribution in [0.15, 0.2) is 65.6 Å². The third kappa shape index (κ3) is 2.99. The van der Waals surface area contributed by atoms with E-state index in [1.54, 1.807) is 24.3 Å². The quantitative estimate of drug-likeness (QED) is 0.845. The van der Waals surface area contributed by atoms with Gasteiger partial charge in [0.05, 0.1) is 10.6 Å². The minimum atomic E-state index is -3.21. The van der Waals surface area contributed by atoms with E-state index < -0.39 is 9.84 Å². The fraction of sp³-hybridized carbons (Fsp3) is 0.200. The monoisotopic (exact) mass is 260 g/mol. The summed E-state index contributed by atoms with van der Waals surface area (Å²) >= 11 is 0. The average Bonchev–Trinajstić information content (AvgIpc) is 2.40. The van der Waals surface area contributed by atoms with Gasteiger partial charge in [-0.25, -0.2) is 8.42 Å². The predicted octanol–water partition coefficient (Wildman–Crippen LogP) is 3.26. The molecule has 1 atom stereocenters. The van der Waals surface area contributed by atoms with Crippen molar-refractivity contribution < 1.29 is 8.42 Å². The number of hydrogen-bond donors (Lipinski definition) is 0. The summed E-state index contributed by atoms with van der Waals surface area (Å²) in [5, 5.41) is 0. The summed E-state index contributed by atoms with van der Waals surface area (Å²) in [6.07, 6.45) is 0. The van der Waals surface area contributed by atoms with Crippen LogP contribution in [0.3, 0.4) is 0 Å². The Hall–Kier alpha value is -1.61. The zero-order chi connectivity index (χ0) is 13.0. The topological polar surface area (TPSA) is 34.1 Å². The second-order valence-electron chi connectivity index (χ2n) is 4.41. The van der Waals surface area contributed by atoms with Crippen molar-refractivity contribution >= 4 is 9.84 Å². The molecule has 1 unspecified atom stereocenters. The van der Waals surface area contributed by atoms with E-state index >= 15 is 0 Å². The lowest BCUT2D eigenvalue weighted by molar-refractivity contribution is 0.590. The van der Waals surface area contributed by atoms with E-state index in [-0.39, 0.29) is 11.7 Å². The van der Waals surface area contributed by atoms with Crippen LogP contribution in [-0.4, -0.2) is 14.2 Å². The van der Waals surface area contributed by atoms with E-state index in [2.05, 4.69) is 0 Å². The summed E-state index contributed by atoms with van der Waals surface area (Å²) < 4.78 is 24.4. The van der Waals surface area contributed by atoms with Crippen LogP contribution in [-0.2, 0) is 9.84 Å². The van der Waals surface area contributed by atoms with Gasteiger partial charge in [0.15, 0.2) is 9.84 Å². The first-order valence-corrected chi connectivity index (χ1v) is 7.57. The third-order valence-corrected chi connectivity index (χ3v) is 4.87. The number of sulfone groups is 1. The van der Waals surface area contributed by atoms with Crippen LogP contribution in [0.1, 0.15) is 18.4 Å². The molecule has 0 saturated carbocycles. The van der Waals surface area contributed by atoms with Crippen LogP contribution < -0.4 is 0 Å². The summed E-state index contributed by atoms with van der Waals surface area (Å²) in [5.74, 6) is 0.137. The first kappa shape index (κ1) is 12.8. The Bertz CT molecular complexity index is 589. The van der Waals surface area contributed by atoms with E-state index in [1.165, 1.54) is 0 Å². The standard InChI is InChI=1S/C15H16O2S/c1-13(14-8-4-2-5-9-14)12-18(16,17)15-10-6-3-7-11-15/h2-11,13H,12H2,1H3. The largest absolute Gasteiger partial charge is 0.224 e. The maximum atomic E-state index is 12.2. The van der Waals surface area contributed by atoms with Crippen LogP contribution in [0.25, 0.3) is 0 Å². The molecule has 0 bridgehead atoms. The molecule has 2 rings (SSSR count). The Labute approximate surface area is 108 Å². The third-order valence-electron chi connectivity index (χ3n) is 2.94. The van der Waals surface area contributed by atoms with Gasteiger partial charge in [0.2, 0.25) is 0 Å². The lowest BCUT2D eigenvalue weighted by Gasteiger charge is -2.12. The lowest BCUT2D eigenvalue weighted by atomic mass is 10.0. The van der Waals surface area contributed by atoms with E-state index in [0.717, 1.165) is 5.56 Å². The zero-order valence-electron chi connectivity index (χ0n) is 10.3. The number of rotatable bonds is 4.